The number of carboxylic acid groups (broad SMARTS) is 1. The van der Waals surface area contributed by atoms with Crippen molar-refractivity contribution in [3.63, 3.8) is 0 Å². The Kier molecular flexibility index (Phi) is 4.65. The maximum Gasteiger partial charge on any atom is 0.310 e. The zero-order chi connectivity index (χ0) is 16.3. The minimum Gasteiger partial charge on any atom is -0.494 e. The van der Waals surface area contributed by atoms with E-state index in [-0.39, 0.29) is 5.69 Å². The monoisotopic (exact) mass is 308 g/mol. The van der Waals surface area contributed by atoms with Crippen molar-refractivity contribution in [2.24, 2.45) is 5.41 Å². The number of carboxylic acids is 1. The highest BCUT2D eigenvalue weighted by atomic mass is 16.6. The van der Waals surface area contributed by atoms with E-state index >= 15 is 0 Å². The number of nitrogens with zero attached hydrogens (tertiary/aromatic N) is 2. The number of likely N-dealkylation sites (tertiary alicyclic amines) is 1. The van der Waals surface area contributed by atoms with Crippen LogP contribution in [0.2, 0.25) is 0 Å². The lowest BCUT2D eigenvalue weighted by atomic mass is 9.90. The van der Waals surface area contributed by atoms with Gasteiger partial charge < -0.3 is 9.84 Å². The van der Waals surface area contributed by atoms with Gasteiger partial charge in [-0.25, -0.2) is 0 Å². The van der Waals surface area contributed by atoms with E-state index in [1.807, 2.05) is 11.8 Å². The van der Waals surface area contributed by atoms with Gasteiger partial charge in [-0.05, 0) is 32.9 Å². The minimum absolute atomic E-state index is 0.0126. The summed E-state index contributed by atoms with van der Waals surface area (Å²) in [6, 6.07) is 4.52. The van der Waals surface area contributed by atoms with Crippen LogP contribution < -0.4 is 4.74 Å². The van der Waals surface area contributed by atoms with Crippen molar-refractivity contribution in [3.8, 4) is 5.75 Å². The molecule has 1 unspecified atom stereocenters. The second-order valence-corrected chi connectivity index (χ2v) is 5.81. The molecule has 1 saturated heterocycles. The maximum absolute atomic E-state index is 11.3. The summed E-state index contributed by atoms with van der Waals surface area (Å²) in [5.41, 5.74) is -0.0312. The van der Waals surface area contributed by atoms with Crippen molar-refractivity contribution in [1.82, 2.24) is 4.90 Å². The van der Waals surface area contributed by atoms with Crippen LogP contribution in [0.4, 0.5) is 5.69 Å². The maximum atomic E-state index is 11.3. The molecule has 7 nitrogen and oxygen atoms in total. The standard InChI is InChI=1S/C15H20N2O5/c1-3-22-13-5-4-12(17(20)21)8-11(13)9-16-7-6-15(2,10-16)14(18)19/h4-5,8H,3,6-7,9-10H2,1-2H3,(H,18,19). The molecule has 0 spiro atoms. The minimum atomic E-state index is -0.806. The second-order valence-electron chi connectivity index (χ2n) is 5.81. The number of benzene rings is 1. The molecule has 22 heavy (non-hydrogen) atoms. The Morgan fingerprint density at radius 3 is 2.82 bits per heavy atom. The summed E-state index contributed by atoms with van der Waals surface area (Å²) in [6.07, 6.45) is 0.571. The van der Waals surface area contributed by atoms with Crippen LogP contribution in [0.15, 0.2) is 18.2 Å². The first-order chi connectivity index (χ1) is 10.4. The molecule has 1 aliphatic rings. The van der Waals surface area contributed by atoms with Crippen LogP contribution in [0, 0.1) is 15.5 Å². The molecule has 0 amide bonds. The topological polar surface area (TPSA) is 92.9 Å². The molecule has 2 rings (SSSR count). The number of rotatable bonds is 6. The van der Waals surface area contributed by atoms with Crippen LogP contribution in [-0.4, -0.2) is 40.6 Å². The third-order valence-electron chi connectivity index (χ3n) is 4.02. The molecule has 7 heteroatoms. The largest absolute Gasteiger partial charge is 0.494 e. The highest BCUT2D eigenvalue weighted by molar-refractivity contribution is 5.74. The molecule has 0 bridgehead atoms. The van der Waals surface area contributed by atoms with E-state index in [0.717, 1.165) is 0 Å². The Labute approximate surface area is 128 Å². The van der Waals surface area contributed by atoms with Gasteiger partial charge in [0.1, 0.15) is 5.75 Å². The van der Waals surface area contributed by atoms with Gasteiger partial charge in [0.05, 0.1) is 16.9 Å². The van der Waals surface area contributed by atoms with E-state index in [9.17, 15) is 20.0 Å². The average Bonchev–Trinajstić information content (AvgIpc) is 2.83. The van der Waals surface area contributed by atoms with E-state index in [4.69, 9.17) is 4.74 Å². The zero-order valence-electron chi connectivity index (χ0n) is 12.7. The van der Waals surface area contributed by atoms with Gasteiger partial charge >= 0.3 is 5.97 Å². The third-order valence-corrected chi connectivity index (χ3v) is 4.02. The van der Waals surface area contributed by atoms with Crippen molar-refractivity contribution in [3.05, 3.63) is 33.9 Å². The normalized spacial score (nSPS) is 21.7. The lowest BCUT2D eigenvalue weighted by Gasteiger charge is -2.21. The molecule has 1 atom stereocenters. The fourth-order valence-corrected chi connectivity index (χ4v) is 2.71. The molecule has 1 N–H and O–H groups in total. The van der Waals surface area contributed by atoms with Crippen LogP contribution in [0.3, 0.4) is 0 Å². The predicted molar refractivity (Wildman–Crippen MR) is 79.9 cm³/mol. The van der Waals surface area contributed by atoms with Gasteiger partial charge in [0.15, 0.2) is 0 Å². The van der Waals surface area contributed by atoms with E-state index in [0.29, 0.717) is 44.0 Å². The van der Waals surface area contributed by atoms with Crippen LogP contribution in [0.1, 0.15) is 25.8 Å². The first-order valence-corrected chi connectivity index (χ1v) is 7.21. The van der Waals surface area contributed by atoms with Crippen molar-refractivity contribution in [1.29, 1.82) is 0 Å². The van der Waals surface area contributed by atoms with E-state index in [1.54, 1.807) is 13.0 Å². The molecule has 0 aliphatic carbocycles. The summed E-state index contributed by atoms with van der Waals surface area (Å²) in [6.45, 7) is 5.57. The number of carbonyl (C=O) groups is 1. The van der Waals surface area contributed by atoms with Gasteiger partial charge in [0, 0.05) is 30.8 Å². The molecule has 1 aliphatic heterocycles. The Balaban J connectivity index is 2.19. The molecule has 1 aromatic carbocycles. The van der Waals surface area contributed by atoms with Crippen LogP contribution in [0.5, 0.6) is 5.75 Å². The summed E-state index contributed by atoms with van der Waals surface area (Å²) < 4.78 is 5.52. The zero-order valence-corrected chi connectivity index (χ0v) is 12.7. The fourth-order valence-electron chi connectivity index (χ4n) is 2.71. The molecule has 1 fully saturated rings. The van der Waals surface area contributed by atoms with Crippen molar-refractivity contribution >= 4 is 11.7 Å². The number of hydrogen-bond acceptors (Lipinski definition) is 5. The van der Waals surface area contributed by atoms with Crippen molar-refractivity contribution in [2.75, 3.05) is 19.7 Å². The lowest BCUT2D eigenvalue weighted by Crippen LogP contribution is -2.31. The first-order valence-electron chi connectivity index (χ1n) is 7.21. The molecular formula is C15H20N2O5. The number of hydrogen-bond donors (Lipinski definition) is 1. The highest BCUT2D eigenvalue weighted by Crippen LogP contribution is 2.33. The number of aliphatic carboxylic acids is 1. The van der Waals surface area contributed by atoms with Crippen LogP contribution >= 0.6 is 0 Å². The SMILES string of the molecule is CCOc1ccc([N+](=O)[O-])cc1CN1CCC(C)(C(=O)O)C1. The average molecular weight is 308 g/mol. The molecular weight excluding hydrogens is 288 g/mol. The summed E-state index contributed by atoms with van der Waals surface area (Å²) in [5.74, 6) is -0.198. The van der Waals surface area contributed by atoms with Gasteiger partial charge in [-0.1, -0.05) is 0 Å². The summed E-state index contributed by atoms with van der Waals surface area (Å²) in [4.78, 5) is 23.8. The van der Waals surface area contributed by atoms with Gasteiger partial charge in [-0.3, -0.25) is 19.8 Å². The van der Waals surface area contributed by atoms with Crippen LogP contribution in [0.25, 0.3) is 0 Å². The molecule has 0 radical (unpaired) electrons. The Morgan fingerprint density at radius 2 is 2.27 bits per heavy atom. The summed E-state index contributed by atoms with van der Waals surface area (Å²) >= 11 is 0. The van der Waals surface area contributed by atoms with Gasteiger partial charge in [0.25, 0.3) is 5.69 Å². The Hall–Kier alpha value is -2.15. The Bertz CT molecular complexity index is 589. The van der Waals surface area contributed by atoms with E-state index in [1.165, 1.54) is 12.1 Å². The highest BCUT2D eigenvalue weighted by Gasteiger charge is 2.40. The van der Waals surface area contributed by atoms with E-state index < -0.39 is 16.3 Å². The van der Waals surface area contributed by atoms with Crippen LogP contribution in [-0.2, 0) is 11.3 Å². The predicted octanol–water partition coefficient (Wildman–Crippen LogP) is 2.29. The molecule has 120 valence electrons. The third kappa shape index (κ3) is 3.36. The van der Waals surface area contributed by atoms with Crippen molar-refractivity contribution < 1.29 is 19.6 Å². The number of nitro groups is 1. The molecule has 1 heterocycles. The number of ether oxygens (including phenoxy) is 1. The van der Waals surface area contributed by atoms with Crippen molar-refractivity contribution in [2.45, 2.75) is 26.8 Å². The van der Waals surface area contributed by atoms with Gasteiger partial charge in [-0.2, -0.15) is 0 Å². The molecule has 1 aromatic rings. The molecule has 0 aromatic heterocycles. The number of non-ortho nitro benzene ring substituents is 1. The fraction of sp³-hybridized carbons (Fsp3) is 0.533. The molecule has 0 saturated carbocycles. The van der Waals surface area contributed by atoms with Gasteiger partial charge in [0.2, 0.25) is 0 Å². The lowest BCUT2D eigenvalue weighted by molar-refractivity contribution is -0.385. The Morgan fingerprint density at radius 1 is 1.55 bits per heavy atom. The quantitative estimate of drug-likeness (QED) is 0.640. The second kappa shape index (κ2) is 6.31. The number of nitro benzene ring substituents is 1. The first kappa shape index (κ1) is 16.2. The summed E-state index contributed by atoms with van der Waals surface area (Å²) in [5, 5.41) is 20.2. The summed E-state index contributed by atoms with van der Waals surface area (Å²) in [7, 11) is 0. The smallest absolute Gasteiger partial charge is 0.310 e. The van der Waals surface area contributed by atoms with E-state index in [2.05, 4.69) is 0 Å². The van der Waals surface area contributed by atoms with Gasteiger partial charge in [-0.15, -0.1) is 0 Å².